The van der Waals surface area contributed by atoms with Crippen LogP contribution in [0.15, 0.2) is 24.3 Å². The number of hydrogen-bond donors (Lipinski definition) is 0. The zero-order valence-electron chi connectivity index (χ0n) is 11.9. The van der Waals surface area contributed by atoms with Crippen LogP contribution in [-0.4, -0.2) is 16.6 Å². The lowest BCUT2D eigenvalue weighted by Gasteiger charge is -2.18. The molecule has 0 spiro atoms. The molecule has 0 saturated carbocycles. The van der Waals surface area contributed by atoms with Gasteiger partial charge < -0.3 is 4.74 Å². The van der Waals surface area contributed by atoms with E-state index >= 15 is 0 Å². The molecule has 1 aliphatic heterocycles. The summed E-state index contributed by atoms with van der Waals surface area (Å²) in [6.45, 7) is 6.97. The minimum atomic E-state index is -0.140. The average molecular weight is 289 g/mol. The molecule has 0 saturated heterocycles. The maximum absolute atomic E-state index is 6.16. The van der Waals surface area contributed by atoms with Crippen molar-refractivity contribution in [2.75, 3.05) is 6.61 Å². The Hall–Kier alpha value is -1.61. The van der Waals surface area contributed by atoms with Crippen molar-refractivity contribution in [2.45, 2.75) is 32.6 Å². The van der Waals surface area contributed by atoms with Gasteiger partial charge in [-0.2, -0.15) is 0 Å². The zero-order chi connectivity index (χ0) is 14.3. The molecule has 0 unspecified atom stereocenters. The molecule has 0 aliphatic carbocycles. The molecule has 20 heavy (non-hydrogen) atoms. The van der Waals surface area contributed by atoms with Crippen LogP contribution >= 0.6 is 11.6 Å². The van der Waals surface area contributed by atoms with E-state index in [-0.39, 0.29) is 5.41 Å². The SMILES string of the molecule is CC(C)(C)c1nc(Cl)cc(-c2cccc3c2OCC3)n1. The first-order valence-corrected chi connectivity index (χ1v) is 7.13. The van der Waals surface area contributed by atoms with E-state index in [4.69, 9.17) is 16.3 Å². The number of aromatic nitrogens is 2. The highest BCUT2D eigenvalue weighted by Gasteiger charge is 2.22. The third kappa shape index (κ3) is 2.38. The summed E-state index contributed by atoms with van der Waals surface area (Å²) in [5.74, 6) is 1.68. The van der Waals surface area contributed by atoms with Crippen molar-refractivity contribution in [1.29, 1.82) is 0 Å². The van der Waals surface area contributed by atoms with Crippen LogP contribution in [0.2, 0.25) is 5.15 Å². The fourth-order valence-corrected chi connectivity index (χ4v) is 2.49. The summed E-state index contributed by atoms with van der Waals surface area (Å²) in [5.41, 5.74) is 2.91. The van der Waals surface area contributed by atoms with E-state index in [0.29, 0.717) is 5.15 Å². The van der Waals surface area contributed by atoms with Gasteiger partial charge in [0.05, 0.1) is 12.3 Å². The number of nitrogens with zero attached hydrogens (tertiary/aromatic N) is 2. The van der Waals surface area contributed by atoms with Crippen molar-refractivity contribution in [3.63, 3.8) is 0 Å². The largest absolute Gasteiger partial charge is 0.492 e. The molecule has 0 radical (unpaired) electrons. The van der Waals surface area contributed by atoms with E-state index in [2.05, 4.69) is 36.8 Å². The molecule has 0 amide bonds. The van der Waals surface area contributed by atoms with E-state index in [0.717, 1.165) is 35.9 Å². The Morgan fingerprint density at radius 1 is 1.20 bits per heavy atom. The van der Waals surface area contributed by atoms with Gasteiger partial charge in [0, 0.05) is 23.5 Å². The second-order valence-electron chi connectivity index (χ2n) is 6.04. The second kappa shape index (κ2) is 4.74. The van der Waals surface area contributed by atoms with Gasteiger partial charge in [0.25, 0.3) is 0 Å². The third-order valence-corrected chi connectivity index (χ3v) is 3.55. The summed E-state index contributed by atoms with van der Waals surface area (Å²) in [6.07, 6.45) is 0.952. The Balaban J connectivity index is 2.16. The molecule has 0 bridgehead atoms. The van der Waals surface area contributed by atoms with Crippen molar-refractivity contribution in [1.82, 2.24) is 9.97 Å². The van der Waals surface area contributed by atoms with Gasteiger partial charge in [-0.25, -0.2) is 9.97 Å². The van der Waals surface area contributed by atoms with Gasteiger partial charge in [-0.3, -0.25) is 0 Å². The predicted molar refractivity (Wildman–Crippen MR) is 80.4 cm³/mol. The molecule has 1 aromatic heterocycles. The molecular formula is C16H17ClN2O. The molecule has 3 nitrogen and oxygen atoms in total. The van der Waals surface area contributed by atoms with Crippen molar-refractivity contribution in [3.05, 3.63) is 40.8 Å². The van der Waals surface area contributed by atoms with Gasteiger partial charge in [0.2, 0.25) is 0 Å². The number of halogens is 1. The average Bonchev–Trinajstić information content (AvgIpc) is 2.84. The normalized spacial score (nSPS) is 14.0. The van der Waals surface area contributed by atoms with E-state index < -0.39 is 0 Å². The van der Waals surface area contributed by atoms with Gasteiger partial charge in [0.15, 0.2) is 0 Å². The highest BCUT2D eigenvalue weighted by molar-refractivity contribution is 6.29. The first-order chi connectivity index (χ1) is 9.45. The van der Waals surface area contributed by atoms with Crippen LogP contribution in [0.1, 0.15) is 32.2 Å². The topological polar surface area (TPSA) is 35.0 Å². The van der Waals surface area contributed by atoms with Gasteiger partial charge in [-0.1, -0.05) is 44.5 Å². The maximum atomic E-state index is 6.16. The van der Waals surface area contributed by atoms with Crippen molar-refractivity contribution in [2.24, 2.45) is 0 Å². The molecule has 0 N–H and O–H groups in total. The first-order valence-electron chi connectivity index (χ1n) is 6.75. The fourth-order valence-electron chi connectivity index (χ4n) is 2.31. The molecular weight excluding hydrogens is 272 g/mol. The molecule has 3 rings (SSSR count). The maximum Gasteiger partial charge on any atom is 0.136 e. The Kier molecular flexibility index (Phi) is 3.17. The van der Waals surface area contributed by atoms with Crippen molar-refractivity contribution >= 4 is 11.6 Å². The molecule has 4 heteroatoms. The standard InChI is InChI=1S/C16H17ClN2O/c1-16(2,3)15-18-12(9-13(17)19-15)11-6-4-5-10-7-8-20-14(10)11/h4-6,9H,7-8H2,1-3H3. The number of fused-ring (bicyclic) bond motifs is 1. The lowest BCUT2D eigenvalue weighted by Crippen LogP contribution is -2.16. The smallest absolute Gasteiger partial charge is 0.136 e. The lowest BCUT2D eigenvalue weighted by molar-refractivity contribution is 0.358. The summed E-state index contributed by atoms with van der Waals surface area (Å²) >= 11 is 6.16. The molecule has 1 aliphatic rings. The van der Waals surface area contributed by atoms with E-state index in [1.165, 1.54) is 5.56 Å². The number of ether oxygens (including phenoxy) is 1. The van der Waals surface area contributed by atoms with E-state index in [9.17, 15) is 0 Å². The minimum Gasteiger partial charge on any atom is -0.492 e. The third-order valence-electron chi connectivity index (χ3n) is 3.36. The molecule has 0 atom stereocenters. The minimum absolute atomic E-state index is 0.140. The summed E-state index contributed by atoms with van der Waals surface area (Å²) < 4.78 is 5.75. The van der Waals surface area contributed by atoms with E-state index in [1.807, 2.05) is 12.1 Å². The monoisotopic (exact) mass is 288 g/mol. The second-order valence-corrected chi connectivity index (χ2v) is 6.43. The predicted octanol–water partition coefficient (Wildman–Crippen LogP) is 4.03. The molecule has 0 fully saturated rings. The molecule has 1 aromatic carbocycles. The highest BCUT2D eigenvalue weighted by Crippen LogP contribution is 2.37. The first kappa shape index (κ1) is 13.4. The number of para-hydroxylation sites is 1. The Morgan fingerprint density at radius 3 is 2.75 bits per heavy atom. The van der Waals surface area contributed by atoms with Gasteiger partial charge in [-0.15, -0.1) is 0 Å². The van der Waals surface area contributed by atoms with Crippen LogP contribution in [0, 0.1) is 0 Å². The molecule has 104 valence electrons. The van der Waals surface area contributed by atoms with Crippen molar-refractivity contribution < 1.29 is 4.74 Å². The Morgan fingerprint density at radius 2 is 2.00 bits per heavy atom. The van der Waals surface area contributed by atoms with Gasteiger partial charge in [-0.05, 0) is 11.6 Å². The van der Waals surface area contributed by atoms with Crippen LogP contribution in [0.5, 0.6) is 5.75 Å². The van der Waals surface area contributed by atoms with Crippen LogP contribution < -0.4 is 4.74 Å². The number of benzene rings is 1. The van der Waals surface area contributed by atoms with Crippen LogP contribution in [-0.2, 0) is 11.8 Å². The Bertz CT molecular complexity index is 662. The Labute approximate surface area is 124 Å². The quantitative estimate of drug-likeness (QED) is 0.743. The van der Waals surface area contributed by atoms with E-state index in [1.54, 1.807) is 6.07 Å². The van der Waals surface area contributed by atoms with Crippen LogP contribution in [0.3, 0.4) is 0 Å². The molecule has 2 heterocycles. The molecule has 2 aromatic rings. The van der Waals surface area contributed by atoms with Gasteiger partial charge in [0.1, 0.15) is 16.7 Å². The van der Waals surface area contributed by atoms with Crippen LogP contribution in [0.4, 0.5) is 0 Å². The summed E-state index contributed by atoms with van der Waals surface area (Å²) in [7, 11) is 0. The highest BCUT2D eigenvalue weighted by atomic mass is 35.5. The zero-order valence-corrected chi connectivity index (χ0v) is 12.7. The number of hydrogen-bond acceptors (Lipinski definition) is 3. The summed E-state index contributed by atoms with van der Waals surface area (Å²) in [4.78, 5) is 9.01. The number of rotatable bonds is 1. The summed E-state index contributed by atoms with van der Waals surface area (Å²) in [5, 5.41) is 0.468. The van der Waals surface area contributed by atoms with Crippen LogP contribution in [0.25, 0.3) is 11.3 Å². The fraction of sp³-hybridized carbons (Fsp3) is 0.375. The van der Waals surface area contributed by atoms with Gasteiger partial charge >= 0.3 is 0 Å². The lowest BCUT2D eigenvalue weighted by atomic mass is 9.95. The summed E-state index contributed by atoms with van der Waals surface area (Å²) in [6, 6.07) is 7.96. The van der Waals surface area contributed by atoms with Crippen molar-refractivity contribution in [3.8, 4) is 17.0 Å².